The average Bonchev–Trinajstić information content (AvgIpc) is 3.10. The molecule has 3 aromatic carbocycles. The molecule has 3 amide bonds. The van der Waals surface area contributed by atoms with Gasteiger partial charge in [0.25, 0.3) is 11.8 Å². The molecule has 1 saturated heterocycles. The number of amides is 3. The molecule has 1 aliphatic heterocycles. The van der Waals surface area contributed by atoms with E-state index in [9.17, 15) is 14.4 Å². The number of imide groups is 1. The molecule has 0 unspecified atom stereocenters. The minimum Gasteiger partial charge on any atom is -0.273 e. The zero-order valence-electron chi connectivity index (χ0n) is 18.0. The molecule has 0 aromatic heterocycles. The van der Waals surface area contributed by atoms with Crippen LogP contribution in [0.2, 0.25) is 0 Å². The van der Waals surface area contributed by atoms with E-state index in [1.807, 2.05) is 103 Å². The monoisotopic (exact) mass is 436 g/mol. The van der Waals surface area contributed by atoms with Gasteiger partial charge in [-0.05, 0) is 16.7 Å². The first-order valence-corrected chi connectivity index (χ1v) is 11.1. The van der Waals surface area contributed by atoms with Crippen LogP contribution in [0.5, 0.6) is 0 Å². The number of nitrogens with one attached hydrogen (secondary N) is 1. The molecule has 2 aliphatic rings. The summed E-state index contributed by atoms with van der Waals surface area (Å²) in [5, 5.41) is 0.958. The number of hydrazine groups is 1. The second-order valence-electron chi connectivity index (χ2n) is 8.52. The predicted molar refractivity (Wildman–Crippen MR) is 125 cm³/mol. The van der Waals surface area contributed by atoms with Crippen molar-refractivity contribution in [2.24, 2.45) is 11.8 Å². The maximum atomic E-state index is 13.6. The van der Waals surface area contributed by atoms with Gasteiger partial charge in [-0.3, -0.25) is 19.8 Å². The molecule has 3 aromatic rings. The van der Waals surface area contributed by atoms with Crippen LogP contribution in [0.25, 0.3) is 0 Å². The van der Waals surface area contributed by atoms with Crippen molar-refractivity contribution in [1.82, 2.24) is 10.4 Å². The van der Waals surface area contributed by atoms with E-state index in [0.29, 0.717) is 0 Å². The summed E-state index contributed by atoms with van der Waals surface area (Å²) in [6, 6.07) is 28.7. The van der Waals surface area contributed by atoms with Crippen LogP contribution in [0.1, 0.15) is 28.5 Å². The average molecular weight is 437 g/mol. The molecule has 33 heavy (non-hydrogen) atoms. The van der Waals surface area contributed by atoms with Gasteiger partial charge < -0.3 is 0 Å². The SMILES string of the molecule is O=C(Cc1ccccc1)NN1C(=O)[C@@H]2[C@H](C1=O)[C@H](c1ccccc1)C=C[C@H]2c1ccccc1. The molecule has 164 valence electrons. The van der Waals surface area contributed by atoms with Crippen molar-refractivity contribution in [3.05, 3.63) is 120 Å². The molecule has 1 fully saturated rings. The Bertz CT molecular complexity index is 1120. The van der Waals surface area contributed by atoms with Gasteiger partial charge in [-0.25, -0.2) is 0 Å². The maximum absolute atomic E-state index is 13.6. The van der Waals surface area contributed by atoms with Gasteiger partial charge in [0.1, 0.15) is 0 Å². The molecule has 0 saturated carbocycles. The van der Waals surface area contributed by atoms with E-state index >= 15 is 0 Å². The molecule has 5 rings (SSSR count). The molecule has 1 aliphatic carbocycles. The third kappa shape index (κ3) is 3.98. The standard InChI is InChI=1S/C28H24N2O3/c31-24(18-19-10-4-1-5-11-19)29-30-27(32)25-22(20-12-6-2-7-13-20)16-17-23(26(25)28(30)33)21-14-8-3-9-15-21/h1-17,22-23,25-26H,18H2,(H,29,31)/t22-,23-,25-,26+/m0/s1. The summed E-state index contributed by atoms with van der Waals surface area (Å²) in [5.74, 6) is -2.72. The second-order valence-corrected chi connectivity index (χ2v) is 8.52. The van der Waals surface area contributed by atoms with Crippen molar-refractivity contribution in [1.29, 1.82) is 0 Å². The number of allylic oxidation sites excluding steroid dienone is 2. The van der Waals surface area contributed by atoms with Gasteiger partial charge >= 0.3 is 0 Å². The fourth-order valence-corrected chi connectivity index (χ4v) is 4.99. The lowest BCUT2D eigenvalue weighted by Crippen LogP contribution is -2.47. The minimum atomic E-state index is -0.577. The lowest BCUT2D eigenvalue weighted by molar-refractivity contribution is -0.149. The van der Waals surface area contributed by atoms with Crippen LogP contribution in [-0.2, 0) is 20.8 Å². The molecule has 0 bridgehead atoms. The Morgan fingerprint density at radius 3 is 1.55 bits per heavy atom. The largest absolute Gasteiger partial charge is 0.273 e. The van der Waals surface area contributed by atoms with Crippen molar-refractivity contribution in [2.75, 3.05) is 0 Å². The molecule has 1 N–H and O–H groups in total. The van der Waals surface area contributed by atoms with Gasteiger partial charge in [-0.1, -0.05) is 103 Å². The first-order chi connectivity index (χ1) is 16.1. The third-order valence-corrected chi connectivity index (χ3v) is 6.51. The summed E-state index contributed by atoms with van der Waals surface area (Å²) in [6.07, 6.45) is 4.17. The van der Waals surface area contributed by atoms with Crippen LogP contribution in [0, 0.1) is 11.8 Å². The summed E-state index contributed by atoms with van der Waals surface area (Å²) in [4.78, 5) is 39.8. The Labute approximate surface area is 192 Å². The van der Waals surface area contributed by atoms with Gasteiger partial charge in [0.05, 0.1) is 18.3 Å². The van der Waals surface area contributed by atoms with Crippen LogP contribution in [-0.4, -0.2) is 22.7 Å². The number of hydrogen-bond donors (Lipinski definition) is 1. The van der Waals surface area contributed by atoms with Crippen LogP contribution >= 0.6 is 0 Å². The maximum Gasteiger partial charge on any atom is 0.253 e. The first-order valence-electron chi connectivity index (χ1n) is 11.1. The molecular weight excluding hydrogens is 412 g/mol. The number of rotatable bonds is 5. The highest BCUT2D eigenvalue weighted by molar-refractivity contribution is 6.07. The zero-order valence-corrected chi connectivity index (χ0v) is 18.0. The van der Waals surface area contributed by atoms with Gasteiger partial charge in [0, 0.05) is 11.8 Å². The number of hydrogen-bond acceptors (Lipinski definition) is 3. The summed E-state index contributed by atoms with van der Waals surface area (Å²) in [6.45, 7) is 0. The van der Waals surface area contributed by atoms with Crippen LogP contribution in [0.4, 0.5) is 0 Å². The number of carbonyl (C=O) groups excluding carboxylic acids is 3. The van der Waals surface area contributed by atoms with E-state index in [4.69, 9.17) is 0 Å². The number of benzene rings is 3. The van der Waals surface area contributed by atoms with Gasteiger partial charge in [0.15, 0.2) is 0 Å². The third-order valence-electron chi connectivity index (χ3n) is 6.51. The lowest BCUT2D eigenvalue weighted by Gasteiger charge is -2.32. The smallest absolute Gasteiger partial charge is 0.253 e. The van der Waals surface area contributed by atoms with E-state index in [1.54, 1.807) is 0 Å². The van der Waals surface area contributed by atoms with Crippen molar-refractivity contribution in [3.8, 4) is 0 Å². The molecule has 0 radical (unpaired) electrons. The Morgan fingerprint density at radius 2 is 1.09 bits per heavy atom. The highest BCUT2D eigenvalue weighted by atomic mass is 16.2. The second kappa shape index (κ2) is 8.87. The summed E-state index contributed by atoms with van der Waals surface area (Å²) in [5.41, 5.74) is 5.37. The van der Waals surface area contributed by atoms with E-state index in [0.717, 1.165) is 21.7 Å². The summed E-state index contributed by atoms with van der Waals surface area (Å²) in [7, 11) is 0. The van der Waals surface area contributed by atoms with Crippen molar-refractivity contribution < 1.29 is 14.4 Å². The van der Waals surface area contributed by atoms with E-state index < -0.39 is 11.8 Å². The molecule has 4 atom stereocenters. The first kappa shape index (κ1) is 20.9. The lowest BCUT2D eigenvalue weighted by atomic mass is 9.68. The highest BCUT2D eigenvalue weighted by Gasteiger charge is 2.55. The predicted octanol–water partition coefficient (Wildman–Crippen LogP) is 4.00. The minimum absolute atomic E-state index is 0.0930. The fourth-order valence-electron chi connectivity index (χ4n) is 4.99. The molecule has 1 heterocycles. The Morgan fingerprint density at radius 1 is 0.667 bits per heavy atom. The quantitative estimate of drug-likeness (QED) is 0.486. The van der Waals surface area contributed by atoms with Gasteiger partial charge in [-0.15, -0.1) is 0 Å². The number of carbonyl (C=O) groups is 3. The number of nitrogens with zero attached hydrogens (tertiary/aromatic N) is 1. The van der Waals surface area contributed by atoms with Crippen LogP contribution < -0.4 is 5.43 Å². The van der Waals surface area contributed by atoms with Crippen LogP contribution in [0.15, 0.2) is 103 Å². The highest BCUT2D eigenvalue weighted by Crippen LogP contribution is 2.48. The van der Waals surface area contributed by atoms with Gasteiger partial charge in [-0.2, -0.15) is 5.01 Å². The van der Waals surface area contributed by atoms with Crippen LogP contribution in [0.3, 0.4) is 0 Å². The van der Waals surface area contributed by atoms with Crippen molar-refractivity contribution >= 4 is 17.7 Å². The number of fused-ring (bicyclic) bond motifs is 1. The van der Waals surface area contributed by atoms with E-state index in [2.05, 4.69) is 5.43 Å². The van der Waals surface area contributed by atoms with E-state index in [-0.39, 0.29) is 36.0 Å². The van der Waals surface area contributed by atoms with E-state index in [1.165, 1.54) is 0 Å². The molecule has 5 heteroatoms. The van der Waals surface area contributed by atoms with Crippen molar-refractivity contribution in [3.63, 3.8) is 0 Å². The molecular formula is C28H24N2O3. The topological polar surface area (TPSA) is 66.5 Å². The summed E-state index contributed by atoms with van der Waals surface area (Å²) >= 11 is 0. The Hall–Kier alpha value is -3.99. The molecule has 5 nitrogen and oxygen atoms in total. The normalized spacial score (nSPS) is 23.9. The molecule has 0 spiro atoms. The zero-order chi connectivity index (χ0) is 22.8. The Balaban J connectivity index is 1.47. The van der Waals surface area contributed by atoms with Crippen molar-refractivity contribution in [2.45, 2.75) is 18.3 Å². The summed E-state index contributed by atoms with van der Waals surface area (Å²) < 4.78 is 0. The van der Waals surface area contributed by atoms with Gasteiger partial charge in [0.2, 0.25) is 5.91 Å². The Kier molecular flexibility index (Phi) is 5.61. The fraction of sp³-hybridized carbons (Fsp3) is 0.179.